The summed E-state index contributed by atoms with van der Waals surface area (Å²) in [5.41, 5.74) is 1.76. The minimum Gasteiger partial charge on any atom is -0.507 e. The monoisotopic (exact) mass is 461 g/mol. The summed E-state index contributed by atoms with van der Waals surface area (Å²) in [5.74, 6) is -0.410. The van der Waals surface area contributed by atoms with Gasteiger partial charge in [0.1, 0.15) is 5.75 Å². The van der Waals surface area contributed by atoms with Gasteiger partial charge in [0.15, 0.2) is 0 Å². The van der Waals surface area contributed by atoms with E-state index in [1.165, 1.54) is 6.07 Å². The minimum atomic E-state index is -0.366. The molecule has 0 bridgehead atoms. The number of phenolic OH excluding ortho intramolecular Hbond substituents is 1. The highest BCUT2D eigenvalue weighted by molar-refractivity contribution is 9.11. The molecule has 0 aliphatic heterocycles. The van der Waals surface area contributed by atoms with Gasteiger partial charge in [-0.3, -0.25) is 4.79 Å². The molecule has 0 fully saturated rings. The van der Waals surface area contributed by atoms with Crippen molar-refractivity contribution in [2.75, 3.05) is 5.32 Å². The van der Waals surface area contributed by atoms with Crippen molar-refractivity contribution < 1.29 is 9.90 Å². The molecule has 0 aromatic heterocycles. The molecule has 0 aliphatic rings. The molecule has 0 unspecified atom stereocenters. The molecule has 1 amide bonds. The molecule has 0 atom stereocenters. The van der Waals surface area contributed by atoms with Gasteiger partial charge in [-0.1, -0.05) is 27.6 Å². The van der Waals surface area contributed by atoms with Gasteiger partial charge in [0.25, 0.3) is 5.91 Å². The molecule has 0 saturated heterocycles. The summed E-state index contributed by atoms with van der Waals surface area (Å²) in [6.45, 7) is 1.86. The van der Waals surface area contributed by atoms with E-state index < -0.39 is 0 Å². The van der Waals surface area contributed by atoms with Crippen LogP contribution in [0, 0.1) is 6.92 Å². The van der Waals surface area contributed by atoms with Crippen molar-refractivity contribution in [3.05, 3.63) is 54.9 Å². The summed E-state index contributed by atoms with van der Waals surface area (Å²) in [6, 6.07) is 8.56. The number of amides is 1. The molecule has 0 aliphatic carbocycles. The molecule has 20 heavy (non-hydrogen) atoms. The second-order valence-corrected chi connectivity index (χ2v) is 6.84. The first-order valence-electron chi connectivity index (χ1n) is 5.64. The molecular weight excluding hydrogens is 454 g/mol. The highest BCUT2D eigenvalue weighted by Crippen LogP contribution is 2.35. The normalized spacial score (nSPS) is 10.4. The number of anilines is 1. The highest BCUT2D eigenvalue weighted by atomic mass is 79.9. The van der Waals surface area contributed by atoms with Crippen molar-refractivity contribution in [1.82, 2.24) is 0 Å². The lowest BCUT2D eigenvalue weighted by molar-refractivity contribution is 0.102. The number of rotatable bonds is 2. The molecule has 2 N–H and O–H groups in total. The SMILES string of the molecule is Cc1ccc(O)c(C(=O)Nc2c(Br)cc(Br)cc2Br)c1. The van der Waals surface area contributed by atoms with Gasteiger partial charge in [0.05, 0.1) is 11.3 Å². The topological polar surface area (TPSA) is 49.3 Å². The second-order valence-electron chi connectivity index (χ2n) is 4.22. The van der Waals surface area contributed by atoms with Crippen molar-refractivity contribution >= 4 is 59.4 Å². The Hall–Kier alpha value is -0.850. The number of phenols is 1. The Kier molecular flexibility index (Phi) is 4.88. The molecule has 0 radical (unpaired) electrons. The van der Waals surface area contributed by atoms with Gasteiger partial charge in [-0.25, -0.2) is 0 Å². The van der Waals surface area contributed by atoms with E-state index in [1.54, 1.807) is 12.1 Å². The fraction of sp³-hybridized carbons (Fsp3) is 0.0714. The third kappa shape index (κ3) is 3.42. The molecule has 2 rings (SSSR count). The number of hydrogen-bond donors (Lipinski definition) is 2. The van der Waals surface area contributed by atoms with Crippen LogP contribution in [0.1, 0.15) is 15.9 Å². The van der Waals surface area contributed by atoms with Crippen LogP contribution in [0.4, 0.5) is 5.69 Å². The van der Waals surface area contributed by atoms with Crippen LogP contribution in [0.5, 0.6) is 5.75 Å². The molecule has 6 heteroatoms. The number of carbonyl (C=O) groups is 1. The third-order valence-corrected chi connectivity index (χ3v) is 4.35. The van der Waals surface area contributed by atoms with Gasteiger partial charge in [-0.2, -0.15) is 0 Å². The molecular formula is C14H10Br3NO2. The number of benzene rings is 2. The van der Waals surface area contributed by atoms with Crippen molar-refractivity contribution in [2.45, 2.75) is 6.92 Å². The predicted octanol–water partition coefficient (Wildman–Crippen LogP) is 5.24. The fourth-order valence-electron chi connectivity index (χ4n) is 1.67. The molecule has 0 spiro atoms. The molecule has 2 aromatic rings. The summed E-state index contributed by atoms with van der Waals surface area (Å²) in [5, 5.41) is 12.6. The van der Waals surface area contributed by atoms with Crippen molar-refractivity contribution in [1.29, 1.82) is 0 Å². The first kappa shape index (κ1) is 15.5. The molecule has 2 aromatic carbocycles. The van der Waals surface area contributed by atoms with E-state index in [0.29, 0.717) is 5.69 Å². The molecule has 0 saturated carbocycles. The Balaban J connectivity index is 2.35. The lowest BCUT2D eigenvalue weighted by atomic mass is 10.1. The molecule has 0 heterocycles. The van der Waals surface area contributed by atoms with Gasteiger partial charge in [-0.05, 0) is 63.0 Å². The fourth-order valence-corrected chi connectivity index (χ4v) is 4.13. The van der Waals surface area contributed by atoms with E-state index in [4.69, 9.17) is 0 Å². The Morgan fingerprint density at radius 1 is 1.10 bits per heavy atom. The van der Waals surface area contributed by atoms with Crippen LogP contribution in [0.25, 0.3) is 0 Å². The van der Waals surface area contributed by atoms with Crippen LogP contribution in [-0.2, 0) is 0 Å². The van der Waals surface area contributed by atoms with Crippen LogP contribution < -0.4 is 5.32 Å². The van der Waals surface area contributed by atoms with Gasteiger partial charge >= 0.3 is 0 Å². The summed E-state index contributed by atoms with van der Waals surface area (Å²) in [4.78, 5) is 12.3. The molecule has 104 valence electrons. The van der Waals surface area contributed by atoms with E-state index in [9.17, 15) is 9.90 Å². The zero-order valence-corrected chi connectivity index (χ0v) is 15.1. The Morgan fingerprint density at radius 2 is 1.70 bits per heavy atom. The maximum atomic E-state index is 12.3. The van der Waals surface area contributed by atoms with Crippen LogP contribution >= 0.6 is 47.8 Å². The quantitative estimate of drug-likeness (QED) is 0.639. The van der Waals surface area contributed by atoms with Crippen LogP contribution in [-0.4, -0.2) is 11.0 Å². The van der Waals surface area contributed by atoms with Crippen LogP contribution in [0.15, 0.2) is 43.7 Å². The first-order chi connectivity index (χ1) is 9.38. The van der Waals surface area contributed by atoms with Crippen molar-refractivity contribution in [3.63, 3.8) is 0 Å². The maximum absolute atomic E-state index is 12.3. The zero-order valence-electron chi connectivity index (χ0n) is 10.4. The van der Waals surface area contributed by atoms with Crippen molar-refractivity contribution in [3.8, 4) is 5.75 Å². The lowest BCUT2D eigenvalue weighted by Crippen LogP contribution is -2.13. The number of aryl methyl sites for hydroxylation is 1. The predicted molar refractivity (Wildman–Crippen MR) is 90.3 cm³/mol. The average molecular weight is 464 g/mol. The standard InChI is InChI=1S/C14H10Br3NO2/c1-7-2-3-12(19)9(4-7)14(20)18-13-10(16)5-8(15)6-11(13)17/h2-6,19H,1H3,(H,18,20). The van der Waals surface area contributed by atoms with Crippen LogP contribution in [0.3, 0.4) is 0 Å². The van der Waals surface area contributed by atoms with E-state index in [2.05, 4.69) is 53.1 Å². The van der Waals surface area contributed by atoms with E-state index >= 15 is 0 Å². The van der Waals surface area contributed by atoms with Gasteiger partial charge in [0.2, 0.25) is 0 Å². The summed E-state index contributed by atoms with van der Waals surface area (Å²) >= 11 is 10.2. The lowest BCUT2D eigenvalue weighted by Gasteiger charge is -2.11. The summed E-state index contributed by atoms with van der Waals surface area (Å²) in [7, 11) is 0. The third-order valence-electron chi connectivity index (χ3n) is 2.64. The zero-order chi connectivity index (χ0) is 14.9. The number of hydrogen-bond acceptors (Lipinski definition) is 2. The maximum Gasteiger partial charge on any atom is 0.259 e. The summed E-state index contributed by atoms with van der Waals surface area (Å²) < 4.78 is 2.35. The van der Waals surface area contributed by atoms with E-state index in [0.717, 1.165) is 19.0 Å². The highest BCUT2D eigenvalue weighted by Gasteiger charge is 2.15. The van der Waals surface area contributed by atoms with Gasteiger partial charge < -0.3 is 10.4 Å². The Bertz CT molecular complexity index is 663. The Labute approximate surface area is 141 Å². The largest absolute Gasteiger partial charge is 0.507 e. The number of nitrogens with one attached hydrogen (secondary N) is 1. The number of aromatic hydroxyl groups is 1. The Morgan fingerprint density at radius 3 is 2.30 bits per heavy atom. The van der Waals surface area contributed by atoms with Gasteiger partial charge in [0, 0.05) is 13.4 Å². The van der Waals surface area contributed by atoms with E-state index in [-0.39, 0.29) is 17.2 Å². The average Bonchev–Trinajstić information content (AvgIpc) is 2.36. The first-order valence-corrected chi connectivity index (χ1v) is 8.02. The summed E-state index contributed by atoms with van der Waals surface area (Å²) in [6.07, 6.45) is 0. The minimum absolute atomic E-state index is 0.0440. The second kappa shape index (κ2) is 6.28. The van der Waals surface area contributed by atoms with E-state index in [1.807, 2.05) is 19.1 Å². The van der Waals surface area contributed by atoms with Crippen LogP contribution in [0.2, 0.25) is 0 Å². The van der Waals surface area contributed by atoms with Crippen molar-refractivity contribution in [2.24, 2.45) is 0 Å². The number of halogens is 3. The number of carbonyl (C=O) groups excluding carboxylic acids is 1. The molecule has 3 nitrogen and oxygen atoms in total. The smallest absolute Gasteiger partial charge is 0.259 e. The van der Waals surface area contributed by atoms with Gasteiger partial charge in [-0.15, -0.1) is 0 Å².